The zero-order chi connectivity index (χ0) is 12.3. The predicted molar refractivity (Wildman–Crippen MR) is 62.0 cm³/mol. The van der Waals surface area contributed by atoms with Gasteiger partial charge >= 0.3 is 0 Å². The van der Waals surface area contributed by atoms with Gasteiger partial charge in [-0.25, -0.2) is 4.39 Å². The lowest BCUT2D eigenvalue weighted by molar-refractivity contribution is 0.441. The highest BCUT2D eigenvalue weighted by Crippen LogP contribution is 2.27. The molecule has 4 heteroatoms. The zero-order valence-corrected chi connectivity index (χ0v) is 8.85. The van der Waals surface area contributed by atoms with E-state index in [4.69, 9.17) is 15.7 Å². The van der Waals surface area contributed by atoms with Crippen molar-refractivity contribution in [2.45, 2.75) is 0 Å². The van der Waals surface area contributed by atoms with Crippen LogP contribution in [-0.2, 0) is 0 Å². The van der Waals surface area contributed by atoms with Crippen LogP contribution in [0.5, 0.6) is 11.5 Å². The van der Waals surface area contributed by atoms with Gasteiger partial charge in [0.15, 0.2) is 11.6 Å². The Bertz CT molecular complexity index is 590. The predicted octanol–water partition coefficient (Wildman–Crippen LogP) is 3.07. The number of para-hydroxylation sites is 1. The van der Waals surface area contributed by atoms with Crippen LogP contribution in [0.15, 0.2) is 42.5 Å². The number of nitriles is 1. The molecule has 2 N–H and O–H groups in total. The number of rotatable bonds is 2. The van der Waals surface area contributed by atoms with Gasteiger partial charge in [-0.3, -0.25) is 0 Å². The molecule has 84 valence electrons. The van der Waals surface area contributed by atoms with E-state index in [-0.39, 0.29) is 5.75 Å². The highest BCUT2D eigenvalue weighted by Gasteiger charge is 2.07. The summed E-state index contributed by atoms with van der Waals surface area (Å²) in [4.78, 5) is 0. The lowest BCUT2D eigenvalue weighted by atomic mass is 10.2. The van der Waals surface area contributed by atoms with Crippen LogP contribution in [0.4, 0.5) is 10.1 Å². The third kappa shape index (κ3) is 2.34. The summed E-state index contributed by atoms with van der Waals surface area (Å²) in [6.07, 6.45) is 0. The summed E-state index contributed by atoms with van der Waals surface area (Å²) in [5.74, 6) is -0.196. The molecule has 2 aromatic carbocycles. The molecule has 0 aliphatic heterocycles. The molecule has 0 radical (unpaired) electrons. The second-order valence-corrected chi connectivity index (χ2v) is 3.40. The van der Waals surface area contributed by atoms with E-state index in [1.807, 2.05) is 6.07 Å². The van der Waals surface area contributed by atoms with Crippen molar-refractivity contribution in [3.63, 3.8) is 0 Å². The molecule has 0 bridgehead atoms. The molecule has 0 aromatic heterocycles. The SMILES string of the molecule is N#Cc1ccccc1Oc1ccc(N)cc1F. The van der Waals surface area contributed by atoms with Gasteiger partial charge < -0.3 is 10.5 Å². The number of halogens is 1. The topological polar surface area (TPSA) is 59.0 Å². The number of hydrogen-bond acceptors (Lipinski definition) is 3. The zero-order valence-electron chi connectivity index (χ0n) is 8.85. The van der Waals surface area contributed by atoms with Gasteiger partial charge in [-0.05, 0) is 24.3 Å². The summed E-state index contributed by atoms with van der Waals surface area (Å²) < 4.78 is 18.8. The normalized spacial score (nSPS) is 9.65. The van der Waals surface area contributed by atoms with Crippen molar-refractivity contribution in [2.24, 2.45) is 0 Å². The first-order valence-corrected chi connectivity index (χ1v) is 4.92. The lowest BCUT2D eigenvalue weighted by Crippen LogP contribution is -1.92. The molecule has 0 heterocycles. The van der Waals surface area contributed by atoms with Gasteiger partial charge in [-0.1, -0.05) is 12.1 Å². The summed E-state index contributed by atoms with van der Waals surface area (Å²) in [6, 6.07) is 12.7. The molecule has 17 heavy (non-hydrogen) atoms. The molecule has 0 amide bonds. The maximum absolute atomic E-state index is 13.5. The monoisotopic (exact) mass is 228 g/mol. The summed E-state index contributed by atoms with van der Waals surface area (Å²) in [5, 5.41) is 8.87. The molecular weight excluding hydrogens is 219 g/mol. The van der Waals surface area contributed by atoms with E-state index < -0.39 is 5.82 Å². The Balaban J connectivity index is 2.35. The van der Waals surface area contributed by atoms with E-state index in [1.54, 1.807) is 24.3 Å². The summed E-state index contributed by atoms with van der Waals surface area (Å²) in [5.41, 5.74) is 6.10. The molecule has 2 rings (SSSR count). The minimum absolute atomic E-state index is 0.0434. The van der Waals surface area contributed by atoms with Crippen LogP contribution in [0, 0.1) is 17.1 Å². The molecule has 2 aromatic rings. The van der Waals surface area contributed by atoms with Gasteiger partial charge in [0.1, 0.15) is 11.8 Å². The maximum atomic E-state index is 13.5. The average Bonchev–Trinajstić information content (AvgIpc) is 2.33. The maximum Gasteiger partial charge on any atom is 0.167 e. The van der Waals surface area contributed by atoms with Crippen LogP contribution in [0.2, 0.25) is 0 Å². The fourth-order valence-electron chi connectivity index (χ4n) is 1.37. The van der Waals surface area contributed by atoms with Crippen molar-refractivity contribution in [3.05, 3.63) is 53.8 Å². The number of nitrogens with zero attached hydrogens (tertiary/aromatic N) is 1. The Morgan fingerprint density at radius 3 is 2.59 bits per heavy atom. The smallest absolute Gasteiger partial charge is 0.167 e. The second-order valence-electron chi connectivity index (χ2n) is 3.40. The van der Waals surface area contributed by atoms with Gasteiger partial charge in [0.2, 0.25) is 0 Å². The molecule has 0 spiro atoms. The van der Waals surface area contributed by atoms with Gasteiger partial charge in [0, 0.05) is 11.8 Å². The average molecular weight is 228 g/mol. The van der Waals surface area contributed by atoms with Crippen LogP contribution < -0.4 is 10.5 Å². The largest absolute Gasteiger partial charge is 0.453 e. The third-order valence-corrected chi connectivity index (χ3v) is 2.18. The van der Waals surface area contributed by atoms with Crippen LogP contribution >= 0.6 is 0 Å². The minimum Gasteiger partial charge on any atom is -0.453 e. The van der Waals surface area contributed by atoms with E-state index in [0.29, 0.717) is 17.0 Å². The van der Waals surface area contributed by atoms with Crippen LogP contribution in [-0.4, -0.2) is 0 Å². The van der Waals surface area contributed by atoms with Crippen molar-refractivity contribution in [3.8, 4) is 17.6 Å². The first-order chi connectivity index (χ1) is 8.20. The summed E-state index contributed by atoms with van der Waals surface area (Å²) in [7, 11) is 0. The first-order valence-electron chi connectivity index (χ1n) is 4.92. The fourth-order valence-corrected chi connectivity index (χ4v) is 1.37. The number of anilines is 1. The van der Waals surface area contributed by atoms with Crippen molar-refractivity contribution >= 4 is 5.69 Å². The number of benzene rings is 2. The van der Waals surface area contributed by atoms with Crippen molar-refractivity contribution in [1.82, 2.24) is 0 Å². The molecule has 0 atom stereocenters. The molecule has 0 saturated carbocycles. The molecule has 0 aliphatic rings. The minimum atomic E-state index is -0.558. The van der Waals surface area contributed by atoms with E-state index in [1.165, 1.54) is 18.2 Å². The number of nitrogens with two attached hydrogens (primary N) is 1. The first kappa shape index (κ1) is 11.0. The highest BCUT2D eigenvalue weighted by atomic mass is 19.1. The third-order valence-electron chi connectivity index (χ3n) is 2.18. The summed E-state index contributed by atoms with van der Waals surface area (Å²) in [6.45, 7) is 0. The van der Waals surface area contributed by atoms with Crippen LogP contribution in [0.3, 0.4) is 0 Å². The summed E-state index contributed by atoms with van der Waals surface area (Å²) >= 11 is 0. The molecule has 0 aliphatic carbocycles. The Labute approximate surface area is 97.9 Å². The molecule has 3 nitrogen and oxygen atoms in total. The Kier molecular flexibility index (Phi) is 2.93. The van der Waals surface area contributed by atoms with Crippen LogP contribution in [0.25, 0.3) is 0 Å². The molecule has 0 unspecified atom stereocenters. The number of hydrogen-bond donors (Lipinski definition) is 1. The van der Waals surface area contributed by atoms with E-state index in [0.717, 1.165) is 0 Å². The standard InChI is InChI=1S/C13H9FN2O/c14-11-7-10(16)5-6-13(11)17-12-4-2-1-3-9(12)8-15/h1-7H,16H2. The van der Waals surface area contributed by atoms with Crippen LogP contribution in [0.1, 0.15) is 5.56 Å². The van der Waals surface area contributed by atoms with Gasteiger partial charge in [0.05, 0.1) is 5.56 Å². The quantitative estimate of drug-likeness (QED) is 0.803. The molecule has 0 saturated heterocycles. The lowest BCUT2D eigenvalue weighted by Gasteiger charge is -2.08. The van der Waals surface area contributed by atoms with Crippen molar-refractivity contribution in [2.75, 3.05) is 5.73 Å². The van der Waals surface area contributed by atoms with E-state index in [9.17, 15) is 4.39 Å². The Morgan fingerprint density at radius 1 is 1.12 bits per heavy atom. The fraction of sp³-hybridized carbons (Fsp3) is 0. The molecule has 0 fully saturated rings. The number of ether oxygens (including phenoxy) is 1. The van der Waals surface area contributed by atoms with Gasteiger partial charge in [0.25, 0.3) is 0 Å². The van der Waals surface area contributed by atoms with Crippen molar-refractivity contribution in [1.29, 1.82) is 5.26 Å². The number of nitrogen functional groups attached to an aromatic ring is 1. The van der Waals surface area contributed by atoms with Gasteiger partial charge in [-0.2, -0.15) is 5.26 Å². The van der Waals surface area contributed by atoms with E-state index in [2.05, 4.69) is 0 Å². The second kappa shape index (κ2) is 4.54. The highest BCUT2D eigenvalue weighted by molar-refractivity contribution is 5.48. The van der Waals surface area contributed by atoms with Gasteiger partial charge in [-0.15, -0.1) is 0 Å². The Hall–Kier alpha value is -2.54. The van der Waals surface area contributed by atoms with Crippen molar-refractivity contribution < 1.29 is 9.13 Å². The Morgan fingerprint density at radius 2 is 1.88 bits per heavy atom. The van der Waals surface area contributed by atoms with E-state index >= 15 is 0 Å². The molecular formula is C13H9FN2O.